The topological polar surface area (TPSA) is 0 Å². The minimum Gasteiger partial charge on any atom is -0.0616 e. The third kappa shape index (κ3) is 9.53. The molecule has 0 bridgehead atoms. The van der Waals surface area contributed by atoms with Crippen molar-refractivity contribution in [2.24, 2.45) is 0 Å². The van der Waals surface area contributed by atoms with Gasteiger partial charge in [-0.15, -0.1) is 0 Å². The molecule has 0 saturated heterocycles. The highest BCUT2D eigenvalue weighted by Crippen LogP contribution is 2.38. The van der Waals surface area contributed by atoms with Gasteiger partial charge in [0.15, 0.2) is 0 Å². The van der Waals surface area contributed by atoms with Gasteiger partial charge < -0.3 is 0 Å². The molecule has 0 aliphatic carbocycles. The van der Waals surface area contributed by atoms with Crippen molar-refractivity contribution in [3.05, 3.63) is 215 Å². The van der Waals surface area contributed by atoms with Gasteiger partial charge in [-0.3, -0.25) is 0 Å². The molecule has 0 aromatic heterocycles. The van der Waals surface area contributed by atoms with Crippen LogP contribution in [0.25, 0.3) is 75.4 Å². The Hall–Kier alpha value is -6.50. The summed E-state index contributed by atoms with van der Waals surface area (Å²) in [4.78, 5) is 0. The average Bonchev–Trinajstić information content (AvgIpc) is 3.30. The Kier molecular flexibility index (Phi) is 13.2. The van der Waals surface area contributed by atoms with Gasteiger partial charge in [-0.2, -0.15) is 0 Å². The fraction of sp³-hybridized carbons (Fsp3) is 0.219. The van der Waals surface area contributed by atoms with E-state index in [4.69, 9.17) is 0 Å². The van der Waals surface area contributed by atoms with Gasteiger partial charge in [0.25, 0.3) is 0 Å². The maximum Gasteiger partial charge on any atom is -0.00239 e. The average molecular weight is 833 g/mol. The second-order valence-electron chi connectivity index (χ2n) is 19.1. The number of rotatable bonds is 4. The molecule has 320 valence electrons. The van der Waals surface area contributed by atoms with Crippen LogP contribution in [0.2, 0.25) is 0 Å². The highest BCUT2D eigenvalue weighted by molar-refractivity contribution is 6.23. The normalized spacial score (nSPS) is 11.5. The SMILES string of the molecule is CC(C)c1ccc2ccc3cccc4ccc1c2c34.CC(C)c1cccc2cc3ccccc3cc12.Cc1ccc2cc(C(C)C)ccc2c1.Cc1ccc2cc(C(C)C)ccc2c1. The highest BCUT2D eigenvalue weighted by Gasteiger charge is 2.12. The van der Waals surface area contributed by atoms with Crippen molar-refractivity contribution in [2.75, 3.05) is 0 Å². The molecule has 0 N–H and O–H groups in total. The zero-order valence-electron chi connectivity index (χ0n) is 39.6. The molecule has 0 aliphatic heterocycles. The summed E-state index contributed by atoms with van der Waals surface area (Å²) in [5.74, 6) is 2.35. The van der Waals surface area contributed by atoms with Crippen LogP contribution < -0.4 is 0 Å². The van der Waals surface area contributed by atoms with Crippen LogP contribution in [-0.4, -0.2) is 0 Å². The summed E-state index contributed by atoms with van der Waals surface area (Å²) in [6.45, 7) is 22.2. The Morgan fingerprint density at radius 1 is 0.250 bits per heavy atom. The molecule has 0 unspecified atom stereocenters. The van der Waals surface area contributed by atoms with Crippen LogP contribution in [-0.2, 0) is 0 Å². The number of fused-ring (bicyclic) bond motifs is 4. The molecular formula is C64H64. The predicted octanol–water partition coefficient (Wildman–Crippen LogP) is 19.4. The van der Waals surface area contributed by atoms with Crippen molar-refractivity contribution in [2.45, 2.75) is 92.9 Å². The lowest BCUT2D eigenvalue weighted by Crippen LogP contribution is -1.91. The molecule has 0 spiro atoms. The molecule has 0 fully saturated rings. The van der Waals surface area contributed by atoms with Crippen molar-refractivity contribution >= 4 is 75.4 Å². The lowest BCUT2D eigenvalue weighted by atomic mass is 9.89. The van der Waals surface area contributed by atoms with Crippen LogP contribution in [0.3, 0.4) is 0 Å². The van der Waals surface area contributed by atoms with E-state index in [1.54, 1.807) is 0 Å². The Bertz CT molecular complexity index is 3250. The molecule has 11 aromatic carbocycles. The molecular weight excluding hydrogens is 769 g/mol. The van der Waals surface area contributed by atoms with Crippen molar-refractivity contribution in [3.8, 4) is 0 Å². The van der Waals surface area contributed by atoms with Gasteiger partial charge in [-0.05, 0) is 147 Å². The van der Waals surface area contributed by atoms with Gasteiger partial charge in [0.2, 0.25) is 0 Å². The van der Waals surface area contributed by atoms with E-state index < -0.39 is 0 Å². The van der Waals surface area contributed by atoms with E-state index in [1.807, 2.05) is 0 Å². The van der Waals surface area contributed by atoms with E-state index in [0.717, 1.165) is 0 Å². The molecule has 11 aromatic rings. The first-order valence-electron chi connectivity index (χ1n) is 23.4. The molecule has 11 rings (SSSR count). The van der Waals surface area contributed by atoms with Gasteiger partial charge in [0.05, 0.1) is 0 Å². The molecule has 0 atom stereocenters. The zero-order chi connectivity index (χ0) is 45.1. The quantitative estimate of drug-likeness (QED) is 0.122. The Balaban J connectivity index is 0.000000118. The predicted molar refractivity (Wildman–Crippen MR) is 285 cm³/mol. The molecule has 0 nitrogen and oxygen atoms in total. The van der Waals surface area contributed by atoms with E-state index >= 15 is 0 Å². The minimum absolute atomic E-state index is 0.560. The summed E-state index contributed by atoms with van der Waals surface area (Å²) in [5, 5.41) is 19.1. The molecule has 0 heteroatoms. The van der Waals surface area contributed by atoms with E-state index in [1.165, 1.54) is 109 Å². The van der Waals surface area contributed by atoms with Gasteiger partial charge in [-0.1, -0.05) is 236 Å². The Morgan fingerprint density at radius 2 is 0.641 bits per heavy atom. The highest BCUT2D eigenvalue weighted by atomic mass is 14.2. The number of aryl methyl sites for hydroxylation is 2. The van der Waals surface area contributed by atoms with Crippen molar-refractivity contribution in [1.29, 1.82) is 0 Å². The van der Waals surface area contributed by atoms with Crippen molar-refractivity contribution < 1.29 is 0 Å². The minimum atomic E-state index is 0.560. The largest absolute Gasteiger partial charge is 0.0616 e. The number of hydrogen-bond donors (Lipinski definition) is 0. The second kappa shape index (κ2) is 19.1. The summed E-state index contributed by atoms with van der Waals surface area (Å²) in [6, 6.07) is 66.6. The van der Waals surface area contributed by atoms with Gasteiger partial charge >= 0.3 is 0 Å². The molecule has 0 radical (unpaired) electrons. The fourth-order valence-electron chi connectivity index (χ4n) is 9.24. The van der Waals surface area contributed by atoms with Gasteiger partial charge in [0.1, 0.15) is 0 Å². The van der Waals surface area contributed by atoms with E-state index in [0.29, 0.717) is 23.7 Å². The lowest BCUT2D eigenvalue weighted by Gasteiger charge is -2.15. The zero-order valence-corrected chi connectivity index (χ0v) is 39.6. The maximum atomic E-state index is 2.32. The standard InChI is InChI=1S/C19H16.C17H16.2C14H16/c1-12(2)16-10-8-15-7-6-13-4-3-5-14-9-11-17(16)19(15)18(13)14;1-12(2)16-9-5-8-15-10-13-6-3-4-7-14(13)11-17(15)16;2*1-10(2)12-6-7-13-8-11(3)4-5-14(13)9-12/h3-12H,1-2H3;3-12H,1-2H3;2*4-10H,1-3H3. The second-order valence-corrected chi connectivity index (χ2v) is 19.1. The first-order valence-corrected chi connectivity index (χ1v) is 23.4. The third-order valence-electron chi connectivity index (χ3n) is 13.0. The molecule has 64 heavy (non-hydrogen) atoms. The summed E-state index contributed by atoms with van der Waals surface area (Å²) < 4.78 is 0. The van der Waals surface area contributed by atoms with Crippen molar-refractivity contribution in [3.63, 3.8) is 0 Å². The molecule has 0 aliphatic rings. The van der Waals surface area contributed by atoms with E-state index in [2.05, 4.69) is 251 Å². The van der Waals surface area contributed by atoms with E-state index in [-0.39, 0.29) is 0 Å². The molecule has 0 heterocycles. The summed E-state index contributed by atoms with van der Waals surface area (Å²) >= 11 is 0. The summed E-state index contributed by atoms with van der Waals surface area (Å²) in [5.41, 5.74) is 8.38. The van der Waals surface area contributed by atoms with E-state index in [9.17, 15) is 0 Å². The van der Waals surface area contributed by atoms with Crippen molar-refractivity contribution in [1.82, 2.24) is 0 Å². The third-order valence-corrected chi connectivity index (χ3v) is 13.0. The monoisotopic (exact) mass is 833 g/mol. The first kappa shape index (κ1) is 44.1. The van der Waals surface area contributed by atoms with Crippen LogP contribution in [0.15, 0.2) is 182 Å². The first-order chi connectivity index (χ1) is 30.8. The summed E-state index contributed by atoms with van der Waals surface area (Å²) in [6.07, 6.45) is 0. The fourth-order valence-corrected chi connectivity index (χ4v) is 9.24. The Morgan fingerprint density at radius 3 is 1.19 bits per heavy atom. The van der Waals surface area contributed by atoms with Gasteiger partial charge in [0, 0.05) is 0 Å². The van der Waals surface area contributed by atoms with Crippen LogP contribution in [0, 0.1) is 13.8 Å². The van der Waals surface area contributed by atoms with Crippen LogP contribution in [0.1, 0.15) is 112 Å². The number of hydrogen-bond acceptors (Lipinski definition) is 0. The van der Waals surface area contributed by atoms with Crippen LogP contribution in [0.5, 0.6) is 0 Å². The maximum absolute atomic E-state index is 2.32. The number of benzene rings is 11. The van der Waals surface area contributed by atoms with Crippen LogP contribution >= 0.6 is 0 Å². The lowest BCUT2D eigenvalue weighted by molar-refractivity contribution is 0.868. The molecule has 0 amide bonds. The van der Waals surface area contributed by atoms with Gasteiger partial charge in [-0.25, -0.2) is 0 Å². The molecule has 0 saturated carbocycles. The van der Waals surface area contributed by atoms with Crippen LogP contribution in [0.4, 0.5) is 0 Å². The summed E-state index contributed by atoms with van der Waals surface area (Å²) in [7, 11) is 0. The smallest absolute Gasteiger partial charge is 0.00239 e. The Labute approximate surface area is 381 Å².